The number of morpholine rings is 1. The lowest BCUT2D eigenvalue weighted by molar-refractivity contribution is 0.122. The van der Waals surface area contributed by atoms with Crippen molar-refractivity contribution in [1.29, 1.82) is 0 Å². The summed E-state index contributed by atoms with van der Waals surface area (Å²) in [6, 6.07) is 1.90. The Morgan fingerprint density at radius 2 is 2.09 bits per heavy atom. The van der Waals surface area contributed by atoms with Gasteiger partial charge in [0.2, 0.25) is 5.95 Å². The van der Waals surface area contributed by atoms with E-state index in [1.54, 1.807) is 10.8 Å². The molecule has 0 amide bonds. The van der Waals surface area contributed by atoms with Crippen LogP contribution in [0.15, 0.2) is 23.3 Å². The van der Waals surface area contributed by atoms with Gasteiger partial charge in [-0.05, 0) is 33.1 Å². The van der Waals surface area contributed by atoms with E-state index in [4.69, 9.17) is 4.74 Å². The van der Waals surface area contributed by atoms with E-state index in [1.807, 2.05) is 26.4 Å². The maximum atomic E-state index is 12.5. The normalized spacial score (nSPS) is 15.5. The van der Waals surface area contributed by atoms with E-state index in [0.717, 1.165) is 26.1 Å². The number of aryl methyl sites for hydroxylation is 1. The van der Waals surface area contributed by atoms with E-state index in [-0.39, 0.29) is 5.56 Å². The second kappa shape index (κ2) is 7.06. The van der Waals surface area contributed by atoms with Crippen molar-refractivity contribution in [3.8, 4) is 0 Å². The third-order valence-electron chi connectivity index (χ3n) is 4.01. The van der Waals surface area contributed by atoms with Crippen molar-refractivity contribution in [2.24, 2.45) is 0 Å². The van der Waals surface area contributed by atoms with E-state index in [2.05, 4.69) is 19.8 Å². The van der Waals surface area contributed by atoms with Crippen molar-refractivity contribution < 1.29 is 4.74 Å². The molecule has 0 unspecified atom stereocenters. The molecular formula is C16H23N5O2. The fourth-order valence-electron chi connectivity index (χ4n) is 2.71. The van der Waals surface area contributed by atoms with Crippen LogP contribution in [0, 0.1) is 0 Å². The van der Waals surface area contributed by atoms with Gasteiger partial charge in [0, 0.05) is 32.0 Å². The Balaban J connectivity index is 1.82. The second-order valence-corrected chi connectivity index (χ2v) is 6.04. The van der Waals surface area contributed by atoms with Gasteiger partial charge in [-0.15, -0.1) is 0 Å². The van der Waals surface area contributed by atoms with Crippen molar-refractivity contribution in [1.82, 2.24) is 19.4 Å². The third kappa shape index (κ3) is 3.68. The highest BCUT2D eigenvalue weighted by Gasteiger charge is 2.15. The largest absolute Gasteiger partial charge is 0.378 e. The Morgan fingerprint density at radius 1 is 1.30 bits per heavy atom. The van der Waals surface area contributed by atoms with Crippen LogP contribution in [0.5, 0.6) is 0 Å². The number of anilines is 1. The first-order valence-corrected chi connectivity index (χ1v) is 7.99. The average Bonchev–Trinajstić information content (AvgIpc) is 2.57. The molecule has 3 rings (SSSR count). The highest BCUT2D eigenvalue weighted by molar-refractivity contribution is 5.77. The summed E-state index contributed by atoms with van der Waals surface area (Å²) in [4.78, 5) is 25.7. The number of fused-ring (bicyclic) bond motifs is 1. The lowest BCUT2D eigenvalue weighted by Crippen LogP contribution is -2.37. The summed E-state index contributed by atoms with van der Waals surface area (Å²) < 4.78 is 7.08. The van der Waals surface area contributed by atoms with Crippen LogP contribution in [0.3, 0.4) is 0 Å². The highest BCUT2D eigenvalue weighted by atomic mass is 16.5. The predicted molar refractivity (Wildman–Crippen MR) is 90.0 cm³/mol. The molecule has 23 heavy (non-hydrogen) atoms. The first kappa shape index (κ1) is 15.9. The van der Waals surface area contributed by atoms with Gasteiger partial charge >= 0.3 is 0 Å². The van der Waals surface area contributed by atoms with E-state index in [9.17, 15) is 4.79 Å². The molecule has 1 fully saturated rings. The summed E-state index contributed by atoms with van der Waals surface area (Å²) in [6.45, 7) is 4.61. The van der Waals surface area contributed by atoms with Gasteiger partial charge in [-0.1, -0.05) is 0 Å². The van der Waals surface area contributed by atoms with Crippen molar-refractivity contribution in [3.63, 3.8) is 0 Å². The molecule has 0 radical (unpaired) electrons. The average molecular weight is 317 g/mol. The maximum Gasteiger partial charge on any atom is 0.261 e. The maximum absolute atomic E-state index is 12.5. The molecule has 2 aromatic heterocycles. The number of pyridine rings is 1. The zero-order valence-corrected chi connectivity index (χ0v) is 13.7. The molecule has 3 heterocycles. The Hall–Kier alpha value is -1.99. The molecule has 0 saturated carbocycles. The summed E-state index contributed by atoms with van der Waals surface area (Å²) >= 11 is 0. The van der Waals surface area contributed by atoms with Gasteiger partial charge in [-0.3, -0.25) is 4.79 Å². The molecule has 0 aromatic carbocycles. The van der Waals surface area contributed by atoms with E-state index >= 15 is 0 Å². The van der Waals surface area contributed by atoms with Gasteiger partial charge in [0.05, 0.1) is 24.1 Å². The molecule has 0 N–H and O–H groups in total. The molecule has 1 aliphatic heterocycles. The first-order chi connectivity index (χ1) is 11.1. The number of hydrogen-bond acceptors (Lipinski definition) is 6. The summed E-state index contributed by atoms with van der Waals surface area (Å²) in [7, 11) is 4.06. The van der Waals surface area contributed by atoms with Crippen LogP contribution >= 0.6 is 0 Å². The number of ether oxygens (including phenoxy) is 1. The minimum Gasteiger partial charge on any atom is -0.378 e. The molecule has 2 aromatic rings. The summed E-state index contributed by atoms with van der Waals surface area (Å²) in [6.07, 6.45) is 4.42. The molecule has 0 spiro atoms. The number of nitrogens with zero attached hydrogens (tertiary/aromatic N) is 5. The van der Waals surface area contributed by atoms with Gasteiger partial charge in [-0.2, -0.15) is 0 Å². The second-order valence-electron chi connectivity index (χ2n) is 6.04. The smallest absolute Gasteiger partial charge is 0.261 e. The van der Waals surface area contributed by atoms with Crippen LogP contribution in [-0.4, -0.2) is 66.4 Å². The van der Waals surface area contributed by atoms with Gasteiger partial charge in [0.15, 0.2) is 0 Å². The topological polar surface area (TPSA) is 63.5 Å². The molecular weight excluding hydrogens is 294 g/mol. The SMILES string of the molecule is CN(C)CCCn1ccc2nc(N3CCOCC3)ncc2c1=O. The monoisotopic (exact) mass is 317 g/mol. The standard InChI is InChI=1S/C16H23N5O2/c1-19(2)5-3-6-20-7-4-14-13(15(20)22)12-17-16(18-14)21-8-10-23-11-9-21/h4,7,12H,3,5-6,8-11H2,1-2H3. The van der Waals surface area contributed by atoms with Crippen molar-refractivity contribution in [2.45, 2.75) is 13.0 Å². The van der Waals surface area contributed by atoms with Gasteiger partial charge < -0.3 is 19.1 Å². The lowest BCUT2D eigenvalue weighted by Gasteiger charge is -2.26. The van der Waals surface area contributed by atoms with Gasteiger partial charge in [0.1, 0.15) is 0 Å². The van der Waals surface area contributed by atoms with Crippen LogP contribution in [0.4, 0.5) is 5.95 Å². The highest BCUT2D eigenvalue weighted by Crippen LogP contribution is 2.13. The molecule has 1 aliphatic rings. The molecule has 0 aliphatic carbocycles. The Kier molecular flexibility index (Phi) is 4.88. The lowest BCUT2D eigenvalue weighted by atomic mass is 10.3. The first-order valence-electron chi connectivity index (χ1n) is 7.99. The number of aromatic nitrogens is 3. The fraction of sp³-hybridized carbons (Fsp3) is 0.562. The number of hydrogen-bond donors (Lipinski definition) is 0. The molecule has 1 saturated heterocycles. The Morgan fingerprint density at radius 3 is 2.83 bits per heavy atom. The minimum atomic E-state index is -0.0187. The molecule has 0 bridgehead atoms. The van der Waals surface area contributed by atoms with E-state index in [0.29, 0.717) is 36.6 Å². The predicted octanol–water partition coefficient (Wildman–Crippen LogP) is 0.580. The van der Waals surface area contributed by atoms with Crippen molar-refractivity contribution in [2.75, 3.05) is 51.8 Å². The fourth-order valence-corrected chi connectivity index (χ4v) is 2.71. The van der Waals surface area contributed by atoms with Crippen LogP contribution in [-0.2, 0) is 11.3 Å². The third-order valence-corrected chi connectivity index (χ3v) is 4.01. The van der Waals surface area contributed by atoms with Gasteiger partial charge in [-0.25, -0.2) is 9.97 Å². The van der Waals surface area contributed by atoms with Crippen molar-refractivity contribution >= 4 is 16.9 Å². The van der Waals surface area contributed by atoms with E-state index in [1.165, 1.54) is 0 Å². The van der Waals surface area contributed by atoms with Gasteiger partial charge in [0.25, 0.3) is 5.56 Å². The van der Waals surface area contributed by atoms with Crippen molar-refractivity contribution in [3.05, 3.63) is 28.8 Å². The summed E-state index contributed by atoms with van der Waals surface area (Å²) in [5.74, 6) is 0.672. The van der Waals surface area contributed by atoms with E-state index < -0.39 is 0 Å². The Bertz CT molecular complexity index is 722. The zero-order valence-electron chi connectivity index (χ0n) is 13.7. The molecule has 7 nitrogen and oxygen atoms in total. The summed E-state index contributed by atoms with van der Waals surface area (Å²) in [5, 5.41) is 0.578. The van der Waals surface area contributed by atoms with Crippen LogP contribution in [0.2, 0.25) is 0 Å². The summed E-state index contributed by atoms with van der Waals surface area (Å²) in [5.41, 5.74) is 0.685. The molecule has 124 valence electrons. The number of rotatable bonds is 5. The van der Waals surface area contributed by atoms with Crippen LogP contribution in [0.25, 0.3) is 10.9 Å². The quantitative estimate of drug-likeness (QED) is 0.804. The zero-order chi connectivity index (χ0) is 16.2. The molecule has 7 heteroatoms. The Labute approximate surface area is 135 Å². The van der Waals surface area contributed by atoms with Crippen LogP contribution < -0.4 is 10.5 Å². The minimum absolute atomic E-state index is 0.0187. The molecule has 0 atom stereocenters. The van der Waals surface area contributed by atoms with Crippen LogP contribution in [0.1, 0.15) is 6.42 Å².